The molecule has 2 rings (SSSR count). The molecule has 0 bridgehead atoms. The van der Waals surface area contributed by atoms with Gasteiger partial charge in [0.2, 0.25) is 0 Å². The zero-order valence-corrected chi connectivity index (χ0v) is 8.16. The van der Waals surface area contributed by atoms with E-state index < -0.39 is 6.10 Å². The second-order valence-corrected chi connectivity index (χ2v) is 3.45. The molecule has 1 unspecified atom stereocenters. The minimum absolute atomic E-state index is 0.0563. The molecule has 4 heteroatoms. The number of ketones is 1. The first-order chi connectivity index (χ1) is 6.77. The number of hydrogen-bond donors (Lipinski definition) is 0. The molecular formula is C10H9ClO3. The average Bonchev–Trinajstić information content (AvgIpc) is 2.71. The van der Waals surface area contributed by atoms with Gasteiger partial charge in [0, 0.05) is 10.6 Å². The molecule has 0 saturated carbocycles. The largest absolute Gasteiger partial charge is 0.352 e. The van der Waals surface area contributed by atoms with Crippen molar-refractivity contribution < 1.29 is 14.3 Å². The number of carbonyl (C=O) groups is 1. The van der Waals surface area contributed by atoms with Crippen LogP contribution in [0.3, 0.4) is 0 Å². The molecule has 0 aromatic heterocycles. The lowest BCUT2D eigenvalue weighted by molar-refractivity contribution is 0.0416. The Morgan fingerprint density at radius 2 is 2.07 bits per heavy atom. The second-order valence-electron chi connectivity index (χ2n) is 3.02. The summed E-state index contributed by atoms with van der Waals surface area (Å²) in [5.74, 6) is -0.0563. The molecule has 74 valence electrons. The maximum atomic E-state index is 11.7. The molecule has 0 aliphatic carbocycles. The molecule has 0 radical (unpaired) electrons. The molecule has 1 aliphatic heterocycles. The standard InChI is InChI=1S/C10H9ClO3/c11-8-3-1-7(2-4-8)10(12)9-5-13-6-14-9/h1-4,9H,5-6H2. The summed E-state index contributed by atoms with van der Waals surface area (Å²) < 4.78 is 10.0. The van der Waals surface area contributed by atoms with E-state index >= 15 is 0 Å². The molecule has 0 amide bonds. The lowest BCUT2D eigenvalue weighted by atomic mass is 10.1. The maximum absolute atomic E-state index is 11.7. The smallest absolute Gasteiger partial charge is 0.194 e. The molecule has 1 atom stereocenters. The van der Waals surface area contributed by atoms with Gasteiger partial charge < -0.3 is 9.47 Å². The van der Waals surface area contributed by atoms with Gasteiger partial charge in [0.1, 0.15) is 12.9 Å². The van der Waals surface area contributed by atoms with Crippen LogP contribution in [0.25, 0.3) is 0 Å². The highest BCUT2D eigenvalue weighted by atomic mass is 35.5. The van der Waals surface area contributed by atoms with Crippen LogP contribution < -0.4 is 0 Å². The van der Waals surface area contributed by atoms with Crippen LogP contribution in [0.5, 0.6) is 0 Å². The van der Waals surface area contributed by atoms with Gasteiger partial charge in [-0.1, -0.05) is 11.6 Å². The number of benzene rings is 1. The van der Waals surface area contributed by atoms with Crippen molar-refractivity contribution in [3.8, 4) is 0 Å². The van der Waals surface area contributed by atoms with E-state index in [0.717, 1.165) is 0 Å². The minimum Gasteiger partial charge on any atom is -0.352 e. The van der Waals surface area contributed by atoms with Gasteiger partial charge in [0.05, 0.1) is 6.61 Å². The number of halogens is 1. The van der Waals surface area contributed by atoms with E-state index in [1.165, 1.54) is 0 Å². The number of hydrogen-bond acceptors (Lipinski definition) is 3. The number of carbonyl (C=O) groups excluding carboxylic acids is 1. The van der Waals surface area contributed by atoms with Crippen molar-refractivity contribution in [2.45, 2.75) is 6.10 Å². The van der Waals surface area contributed by atoms with E-state index in [2.05, 4.69) is 0 Å². The third kappa shape index (κ3) is 1.95. The fourth-order valence-electron chi connectivity index (χ4n) is 1.28. The van der Waals surface area contributed by atoms with Crippen LogP contribution in [-0.4, -0.2) is 25.3 Å². The Balaban J connectivity index is 2.14. The number of rotatable bonds is 2. The predicted molar refractivity (Wildman–Crippen MR) is 51.5 cm³/mol. The van der Waals surface area contributed by atoms with E-state index in [0.29, 0.717) is 17.2 Å². The Hall–Kier alpha value is -0.900. The van der Waals surface area contributed by atoms with Crippen molar-refractivity contribution in [3.63, 3.8) is 0 Å². The third-order valence-electron chi connectivity index (χ3n) is 2.04. The van der Waals surface area contributed by atoms with Gasteiger partial charge in [-0.2, -0.15) is 0 Å². The van der Waals surface area contributed by atoms with E-state index in [4.69, 9.17) is 21.1 Å². The maximum Gasteiger partial charge on any atom is 0.194 e. The lowest BCUT2D eigenvalue weighted by Crippen LogP contribution is -2.22. The van der Waals surface area contributed by atoms with Gasteiger partial charge in [-0.15, -0.1) is 0 Å². The molecule has 1 fully saturated rings. The SMILES string of the molecule is O=C(c1ccc(Cl)cc1)C1COCO1. The molecule has 1 saturated heterocycles. The molecule has 1 heterocycles. The molecule has 1 aromatic rings. The summed E-state index contributed by atoms with van der Waals surface area (Å²) in [4.78, 5) is 11.7. The van der Waals surface area contributed by atoms with Crippen LogP contribution in [0.4, 0.5) is 0 Å². The quantitative estimate of drug-likeness (QED) is 0.703. The molecule has 0 N–H and O–H groups in total. The van der Waals surface area contributed by atoms with Gasteiger partial charge in [-0.25, -0.2) is 0 Å². The van der Waals surface area contributed by atoms with Crippen molar-refractivity contribution in [1.29, 1.82) is 0 Å². The van der Waals surface area contributed by atoms with Crippen LogP contribution in [0.2, 0.25) is 5.02 Å². The highest BCUT2D eigenvalue weighted by Crippen LogP contribution is 2.14. The van der Waals surface area contributed by atoms with Crippen molar-refractivity contribution in [2.24, 2.45) is 0 Å². The molecule has 1 aromatic carbocycles. The molecular weight excluding hydrogens is 204 g/mol. The van der Waals surface area contributed by atoms with Crippen LogP contribution in [-0.2, 0) is 9.47 Å². The molecule has 14 heavy (non-hydrogen) atoms. The summed E-state index contributed by atoms with van der Waals surface area (Å²) >= 11 is 5.71. The van der Waals surface area contributed by atoms with E-state index in [9.17, 15) is 4.79 Å². The van der Waals surface area contributed by atoms with Crippen LogP contribution in [0.15, 0.2) is 24.3 Å². The molecule has 1 aliphatic rings. The van der Waals surface area contributed by atoms with Crippen LogP contribution in [0, 0.1) is 0 Å². The number of ether oxygens (including phenoxy) is 2. The van der Waals surface area contributed by atoms with Gasteiger partial charge >= 0.3 is 0 Å². The summed E-state index contributed by atoms with van der Waals surface area (Å²) in [6, 6.07) is 6.74. The minimum atomic E-state index is -0.462. The van der Waals surface area contributed by atoms with Crippen molar-refractivity contribution in [1.82, 2.24) is 0 Å². The Labute approximate surface area is 86.6 Å². The van der Waals surface area contributed by atoms with Gasteiger partial charge in [0.25, 0.3) is 0 Å². The van der Waals surface area contributed by atoms with Crippen molar-refractivity contribution in [3.05, 3.63) is 34.9 Å². The van der Waals surface area contributed by atoms with E-state index in [1.807, 2.05) is 0 Å². The Morgan fingerprint density at radius 3 is 2.64 bits per heavy atom. The zero-order valence-electron chi connectivity index (χ0n) is 7.40. The highest BCUT2D eigenvalue weighted by Gasteiger charge is 2.25. The Morgan fingerprint density at radius 1 is 1.36 bits per heavy atom. The van der Waals surface area contributed by atoms with Crippen molar-refractivity contribution >= 4 is 17.4 Å². The highest BCUT2D eigenvalue weighted by molar-refractivity contribution is 6.30. The lowest BCUT2D eigenvalue weighted by Gasteiger charge is -2.05. The summed E-state index contributed by atoms with van der Waals surface area (Å²) in [5.41, 5.74) is 0.602. The second kappa shape index (κ2) is 4.09. The van der Waals surface area contributed by atoms with Gasteiger partial charge in [-0.3, -0.25) is 4.79 Å². The first-order valence-electron chi connectivity index (χ1n) is 4.26. The summed E-state index contributed by atoms with van der Waals surface area (Å²) in [5, 5.41) is 0.616. The van der Waals surface area contributed by atoms with Crippen LogP contribution >= 0.6 is 11.6 Å². The first kappa shape index (κ1) is 9.65. The topological polar surface area (TPSA) is 35.5 Å². The van der Waals surface area contributed by atoms with Crippen LogP contribution in [0.1, 0.15) is 10.4 Å². The third-order valence-corrected chi connectivity index (χ3v) is 2.29. The summed E-state index contributed by atoms with van der Waals surface area (Å²) in [7, 11) is 0. The van der Waals surface area contributed by atoms with E-state index in [-0.39, 0.29) is 12.6 Å². The monoisotopic (exact) mass is 212 g/mol. The average molecular weight is 213 g/mol. The van der Waals surface area contributed by atoms with Crippen molar-refractivity contribution in [2.75, 3.05) is 13.4 Å². The fraction of sp³-hybridized carbons (Fsp3) is 0.300. The van der Waals surface area contributed by atoms with Gasteiger partial charge in [0.15, 0.2) is 5.78 Å². The summed E-state index contributed by atoms with van der Waals surface area (Å²) in [6.07, 6.45) is -0.462. The van der Waals surface area contributed by atoms with Gasteiger partial charge in [-0.05, 0) is 24.3 Å². The Bertz CT molecular complexity index is 328. The Kier molecular flexibility index (Phi) is 2.82. The summed E-state index contributed by atoms with van der Waals surface area (Å²) in [6.45, 7) is 0.533. The predicted octanol–water partition coefficient (Wildman–Crippen LogP) is 1.90. The zero-order chi connectivity index (χ0) is 9.97. The first-order valence-corrected chi connectivity index (χ1v) is 4.64. The number of Topliss-reactive ketones (excluding diaryl/α,β-unsaturated/α-hetero) is 1. The normalized spacial score (nSPS) is 21.1. The molecule has 3 nitrogen and oxygen atoms in total. The van der Waals surface area contributed by atoms with E-state index in [1.54, 1.807) is 24.3 Å². The fourth-order valence-corrected chi connectivity index (χ4v) is 1.41. The molecule has 0 spiro atoms.